The normalized spacial score (nSPS) is 10.5. The van der Waals surface area contributed by atoms with E-state index in [2.05, 4.69) is 15.3 Å². The molecule has 0 amide bonds. The Bertz CT molecular complexity index is 222. The molecule has 0 bridgehead atoms. The molecule has 0 radical (unpaired) electrons. The van der Waals surface area contributed by atoms with Gasteiger partial charge in [-0.2, -0.15) is 0 Å². The van der Waals surface area contributed by atoms with Gasteiger partial charge >= 0.3 is 0 Å². The Kier molecular flexibility index (Phi) is 3.76. The number of nitrogens with zero attached hydrogens (tertiary/aromatic N) is 1. The second kappa shape index (κ2) is 4.90. The first kappa shape index (κ1) is 9.22. The van der Waals surface area contributed by atoms with Crippen molar-refractivity contribution in [3.63, 3.8) is 0 Å². The number of hydrogen-bond donors (Lipinski definition) is 2. The summed E-state index contributed by atoms with van der Waals surface area (Å²) in [6.45, 7) is 4.08. The fraction of sp³-hybridized carbons (Fsp3) is 0.625. The van der Waals surface area contributed by atoms with Gasteiger partial charge in [0.2, 0.25) is 0 Å². The van der Waals surface area contributed by atoms with Crippen molar-refractivity contribution in [3.8, 4) is 0 Å². The Morgan fingerprint density at radius 2 is 2.50 bits per heavy atom. The van der Waals surface area contributed by atoms with Crippen LogP contribution in [-0.4, -0.2) is 23.6 Å². The summed E-state index contributed by atoms with van der Waals surface area (Å²) in [4.78, 5) is 7.30. The Balaban J connectivity index is 2.41. The van der Waals surface area contributed by atoms with Gasteiger partial charge in [-0.25, -0.2) is 4.98 Å². The molecule has 0 unspecified atom stereocenters. The van der Waals surface area contributed by atoms with E-state index in [0.29, 0.717) is 6.61 Å². The van der Waals surface area contributed by atoms with Gasteiger partial charge in [-0.15, -0.1) is 0 Å². The summed E-state index contributed by atoms with van der Waals surface area (Å²) >= 11 is 0. The predicted molar refractivity (Wildman–Crippen MR) is 46.7 cm³/mol. The van der Waals surface area contributed by atoms with Crippen LogP contribution in [0.2, 0.25) is 0 Å². The van der Waals surface area contributed by atoms with E-state index in [-0.39, 0.29) is 0 Å². The third kappa shape index (κ3) is 2.64. The van der Waals surface area contributed by atoms with Gasteiger partial charge in [-0.1, -0.05) is 0 Å². The van der Waals surface area contributed by atoms with Crippen LogP contribution in [0.4, 0.5) is 0 Å². The maximum absolute atomic E-state index is 5.20. The number of aromatic nitrogens is 2. The molecule has 4 heteroatoms. The van der Waals surface area contributed by atoms with Gasteiger partial charge < -0.3 is 15.0 Å². The highest BCUT2D eigenvalue weighted by Crippen LogP contribution is 1.97. The van der Waals surface area contributed by atoms with E-state index < -0.39 is 0 Å². The van der Waals surface area contributed by atoms with Gasteiger partial charge in [0.05, 0.1) is 0 Å². The van der Waals surface area contributed by atoms with Crippen molar-refractivity contribution in [1.29, 1.82) is 0 Å². The van der Waals surface area contributed by atoms with Gasteiger partial charge in [0, 0.05) is 25.0 Å². The number of hydrogen-bond acceptors (Lipinski definition) is 3. The largest absolute Gasteiger partial charge is 0.374 e. The molecule has 0 atom stereocenters. The maximum Gasteiger partial charge on any atom is 0.132 e. The molecule has 12 heavy (non-hydrogen) atoms. The Morgan fingerprint density at radius 1 is 1.67 bits per heavy atom. The van der Waals surface area contributed by atoms with E-state index in [9.17, 15) is 0 Å². The van der Waals surface area contributed by atoms with E-state index in [1.807, 2.05) is 20.2 Å². The fourth-order valence-electron chi connectivity index (χ4n) is 0.958. The molecular weight excluding hydrogens is 154 g/mol. The van der Waals surface area contributed by atoms with Gasteiger partial charge in [0.1, 0.15) is 12.4 Å². The molecule has 0 fully saturated rings. The Morgan fingerprint density at radius 3 is 3.17 bits per heavy atom. The molecule has 1 rings (SSSR count). The lowest BCUT2D eigenvalue weighted by atomic mass is 10.5. The molecule has 0 saturated carbocycles. The van der Waals surface area contributed by atoms with Crippen molar-refractivity contribution < 1.29 is 4.74 Å². The zero-order valence-corrected chi connectivity index (χ0v) is 7.55. The minimum atomic E-state index is 0.570. The molecule has 68 valence electrons. The molecule has 1 heterocycles. The Hall–Kier alpha value is -0.870. The number of rotatable bonds is 5. The van der Waals surface area contributed by atoms with Crippen molar-refractivity contribution in [3.05, 3.63) is 17.7 Å². The molecule has 1 aromatic rings. The summed E-state index contributed by atoms with van der Waals surface area (Å²) in [7, 11) is 1.91. The quantitative estimate of drug-likeness (QED) is 0.681. The lowest BCUT2D eigenvalue weighted by Gasteiger charge is -1.96. The van der Waals surface area contributed by atoms with Crippen molar-refractivity contribution >= 4 is 0 Å². The van der Waals surface area contributed by atoms with Gasteiger partial charge in [0.25, 0.3) is 0 Å². The number of imidazole rings is 1. The summed E-state index contributed by atoms with van der Waals surface area (Å²) in [5, 5.41) is 3.04. The predicted octanol–water partition coefficient (Wildman–Crippen LogP) is 0.666. The van der Waals surface area contributed by atoms with Crippen LogP contribution < -0.4 is 5.32 Å². The molecule has 0 saturated heterocycles. The number of aromatic amines is 1. The van der Waals surface area contributed by atoms with Crippen molar-refractivity contribution in [2.75, 3.05) is 13.7 Å². The maximum atomic E-state index is 5.20. The summed E-state index contributed by atoms with van der Waals surface area (Å²) in [5.41, 5.74) is 1.09. The highest BCUT2D eigenvalue weighted by molar-refractivity contribution is 4.99. The molecule has 0 aliphatic rings. The molecule has 4 nitrogen and oxygen atoms in total. The standard InChI is InChI=1S/C8H15N3O/c1-3-12-6-8-10-5-7(11-8)4-9-2/h5,9H,3-4,6H2,1-2H3,(H,10,11). The van der Waals surface area contributed by atoms with Crippen LogP contribution in [0.5, 0.6) is 0 Å². The van der Waals surface area contributed by atoms with E-state index in [0.717, 1.165) is 24.7 Å². The van der Waals surface area contributed by atoms with Crippen LogP contribution in [0.15, 0.2) is 6.20 Å². The van der Waals surface area contributed by atoms with Crippen LogP contribution in [0.25, 0.3) is 0 Å². The van der Waals surface area contributed by atoms with E-state index in [4.69, 9.17) is 4.74 Å². The lowest BCUT2D eigenvalue weighted by Crippen LogP contribution is -2.05. The molecule has 2 N–H and O–H groups in total. The number of nitrogens with one attached hydrogen (secondary N) is 2. The van der Waals surface area contributed by atoms with Crippen molar-refractivity contribution in [1.82, 2.24) is 15.3 Å². The van der Waals surface area contributed by atoms with Gasteiger partial charge in [-0.3, -0.25) is 0 Å². The fourth-order valence-corrected chi connectivity index (χ4v) is 0.958. The van der Waals surface area contributed by atoms with E-state index in [1.54, 1.807) is 0 Å². The van der Waals surface area contributed by atoms with Crippen LogP contribution in [0.1, 0.15) is 18.4 Å². The smallest absolute Gasteiger partial charge is 0.132 e. The topological polar surface area (TPSA) is 49.9 Å². The number of ether oxygens (including phenoxy) is 1. The Labute approximate surface area is 72.3 Å². The van der Waals surface area contributed by atoms with Crippen LogP contribution in [0, 0.1) is 0 Å². The highest BCUT2D eigenvalue weighted by Gasteiger charge is 1.98. The molecule has 0 aliphatic carbocycles. The third-order valence-corrected chi connectivity index (χ3v) is 1.49. The van der Waals surface area contributed by atoms with Crippen molar-refractivity contribution in [2.45, 2.75) is 20.1 Å². The van der Waals surface area contributed by atoms with Crippen LogP contribution in [0.3, 0.4) is 0 Å². The zero-order valence-electron chi connectivity index (χ0n) is 7.55. The summed E-state index contributed by atoms with van der Waals surface area (Å²) in [5.74, 6) is 0.891. The summed E-state index contributed by atoms with van der Waals surface area (Å²) < 4.78 is 5.20. The first-order valence-corrected chi connectivity index (χ1v) is 4.12. The molecule has 0 aromatic carbocycles. The first-order valence-electron chi connectivity index (χ1n) is 4.12. The van der Waals surface area contributed by atoms with Crippen LogP contribution in [-0.2, 0) is 17.9 Å². The van der Waals surface area contributed by atoms with Gasteiger partial charge in [0.15, 0.2) is 0 Å². The average molecular weight is 169 g/mol. The number of H-pyrrole nitrogens is 1. The molecule has 0 aliphatic heterocycles. The second-order valence-electron chi connectivity index (χ2n) is 2.52. The van der Waals surface area contributed by atoms with Crippen LogP contribution >= 0.6 is 0 Å². The summed E-state index contributed by atoms with van der Waals surface area (Å²) in [6.07, 6.45) is 1.82. The average Bonchev–Trinajstić information content (AvgIpc) is 2.50. The first-order chi connectivity index (χ1) is 5.86. The lowest BCUT2D eigenvalue weighted by molar-refractivity contribution is 0.129. The monoisotopic (exact) mass is 169 g/mol. The minimum Gasteiger partial charge on any atom is -0.374 e. The molecular formula is C8H15N3O. The molecule has 1 aromatic heterocycles. The second-order valence-corrected chi connectivity index (χ2v) is 2.52. The van der Waals surface area contributed by atoms with E-state index in [1.165, 1.54) is 0 Å². The van der Waals surface area contributed by atoms with Crippen molar-refractivity contribution in [2.24, 2.45) is 0 Å². The third-order valence-electron chi connectivity index (χ3n) is 1.49. The molecule has 0 spiro atoms. The summed E-state index contributed by atoms with van der Waals surface area (Å²) in [6, 6.07) is 0. The van der Waals surface area contributed by atoms with Gasteiger partial charge in [-0.05, 0) is 14.0 Å². The minimum absolute atomic E-state index is 0.570. The highest BCUT2D eigenvalue weighted by atomic mass is 16.5. The zero-order chi connectivity index (χ0) is 8.81. The SMILES string of the molecule is CCOCc1ncc(CNC)[nH]1. The van der Waals surface area contributed by atoms with E-state index >= 15 is 0 Å².